The van der Waals surface area contributed by atoms with Crippen LogP contribution in [0.2, 0.25) is 0 Å². The lowest BCUT2D eigenvalue weighted by Gasteiger charge is -2.29. The molecule has 0 amide bonds. The van der Waals surface area contributed by atoms with E-state index < -0.39 is 42.2 Å². The first-order chi connectivity index (χ1) is 20.9. The number of nitrogens with two attached hydrogens (primary N) is 1. The monoisotopic (exact) mass is 617 g/mol. The molecule has 0 aromatic heterocycles. The van der Waals surface area contributed by atoms with E-state index in [1.807, 2.05) is 13.8 Å². The van der Waals surface area contributed by atoms with Crippen LogP contribution in [0.3, 0.4) is 0 Å². The Hall–Kier alpha value is -4.32. The maximum atomic E-state index is 12.9. The fraction of sp³-hybridized carbons (Fsp3) is 0.500. The Morgan fingerprint density at radius 3 is 1.80 bits per heavy atom. The summed E-state index contributed by atoms with van der Waals surface area (Å²) < 4.78 is 36.7. The Kier molecular flexibility index (Phi) is 14.4. The third-order valence-electron chi connectivity index (χ3n) is 6.38. The molecule has 0 spiro atoms. The highest BCUT2D eigenvalue weighted by molar-refractivity contribution is 5.81. The van der Waals surface area contributed by atoms with Crippen LogP contribution in [0, 0.1) is 0 Å². The zero-order chi connectivity index (χ0) is 32.7. The molecule has 0 aliphatic carbocycles. The number of ether oxygens (including phenoxy) is 7. The summed E-state index contributed by atoms with van der Waals surface area (Å²) in [5, 5.41) is 0. The Balaban J connectivity index is 2.27. The summed E-state index contributed by atoms with van der Waals surface area (Å²) in [7, 11) is 1.18. The summed E-state index contributed by atoms with van der Waals surface area (Å²) in [6.45, 7) is 8.92. The molecule has 4 atom stereocenters. The molecule has 12 nitrogen and oxygen atoms in total. The number of carbonyl (C=O) groups excluding carboxylic acids is 4. The summed E-state index contributed by atoms with van der Waals surface area (Å²) in [6, 6.07) is 12.7. The molecule has 0 radical (unpaired) electrons. The van der Waals surface area contributed by atoms with Crippen molar-refractivity contribution in [1.29, 1.82) is 0 Å². The predicted octanol–water partition coefficient (Wildman–Crippen LogP) is 6.50. The van der Waals surface area contributed by atoms with Crippen molar-refractivity contribution in [3.63, 3.8) is 0 Å². The minimum atomic E-state index is -1.68. The molecule has 0 saturated heterocycles. The van der Waals surface area contributed by atoms with Gasteiger partial charge in [0.15, 0.2) is 11.5 Å². The second-order valence-electron chi connectivity index (χ2n) is 10.5. The number of hydrogen-bond acceptors (Lipinski definition) is 12. The van der Waals surface area contributed by atoms with Crippen LogP contribution in [0.1, 0.15) is 72.3 Å². The van der Waals surface area contributed by atoms with E-state index in [2.05, 4.69) is 0 Å². The molecule has 0 aliphatic rings. The Labute approximate surface area is 258 Å². The van der Waals surface area contributed by atoms with E-state index in [-0.39, 0.29) is 36.2 Å². The standard InChI is InChI=1S/C32H43NO11/c1-7-12-21(3)39-30(36)43-26-17-16-24(18-27(26)44-31(37)40-22(4)13-8-2)20-32(33,28(34)38-6)19-23(5)41-29(35)42-25-14-10-9-11-15-25/h9-11,14-18,21-23H,7-8,12-13,19-20,33H2,1-6H3/t21-,22?,23?,32+/m0/s1. The van der Waals surface area contributed by atoms with E-state index in [0.29, 0.717) is 18.4 Å². The van der Waals surface area contributed by atoms with E-state index in [1.54, 1.807) is 51.1 Å². The van der Waals surface area contributed by atoms with Gasteiger partial charge in [0, 0.05) is 12.8 Å². The van der Waals surface area contributed by atoms with Gasteiger partial charge >= 0.3 is 24.4 Å². The van der Waals surface area contributed by atoms with Crippen LogP contribution in [-0.4, -0.2) is 55.4 Å². The van der Waals surface area contributed by atoms with Gasteiger partial charge in [-0.1, -0.05) is 51.0 Å². The summed E-state index contributed by atoms with van der Waals surface area (Å²) >= 11 is 0. The van der Waals surface area contributed by atoms with Crippen molar-refractivity contribution in [2.24, 2.45) is 5.73 Å². The zero-order valence-electron chi connectivity index (χ0n) is 26.2. The number of para-hydroxylation sites is 1. The van der Waals surface area contributed by atoms with Gasteiger partial charge in [-0.2, -0.15) is 0 Å². The van der Waals surface area contributed by atoms with Crippen LogP contribution in [0.25, 0.3) is 0 Å². The van der Waals surface area contributed by atoms with Crippen LogP contribution in [0.15, 0.2) is 48.5 Å². The van der Waals surface area contributed by atoms with Crippen molar-refractivity contribution in [2.75, 3.05) is 7.11 Å². The minimum absolute atomic E-state index is 0.108. The quantitative estimate of drug-likeness (QED) is 0.131. The Morgan fingerprint density at radius 1 is 0.727 bits per heavy atom. The first-order valence-electron chi connectivity index (χ1n) is 14.6. The molecule has 0 bridgehead atoms. The van der Waals surface area contributed by atoms with Crippen LogP contribution < -0.4 is 19.9 Å². The third kappa shape index (κ3) is 12.1. The average molecular weight is 618 g/mol. The van der Waals surface area contributed by atoms with Crippen molar-refractivity contribution < 1.29 is 52.3 Å². The highest BCUT2D eigenvalue weighted by Gasteiger charge is 2.38. The van der Waals surface area contributed by atoms with Crippen LogP contribution in [0.4, 0.5) is 14.4 Å². The fourth-order valence-electron chi connectivity index (χ4n) is 4.44. The van der Waals surface area contributed by atoms with Crippen LogP contribution in [-0.2, 0) is 30.2 Å². The molecule has 2 aromatic carbocycles. The third-order valence-corrected chi connectivity index (χ3v) is 6.38. The number of rotatable bonds is 15. The number of carbonyl (C=O) groups is 4. The van der Waals surface area contributed by atoms with Gasteiger partial charge in [0.25, 0.3) is 0 Å². The molecule has 2 aromatic rings. The molecule has 44 heavy (non-hydrogen) atoms. The molecule has 2 unspecified atom stereocenters. The van der Waals surface area contributed by atoms with E-state index in [0.717, 1.165) is 12.8 Å². The van der Waals surface area contributed by atoms with Crippen molar-refractivity contribution >= 4 is 24.4 Å². The normalized spacial score (nSPS) is 14.2. The summed E-state index contributed by atoms with van der Waals surface area (Å²) in [5.74, 6) is -0.742. The van der Waals surface area contributed by atoms with Gasteiger partial charge in [0.05, 0.1) is 7.11 Å². The van der Waals surface area contributed by atoms with Gasteiger partial charge in [-0.25, -0.2) is 14.4 Å². The lowest BCUT2D eigenvalue weighted by Crippen LogP contribution is -2.53. The molecule has 0 heterocycles. The zero-order valence-corrected chi connectivity index (χ0v) is 26.2. The molecular formula is C32H43NO11. The molecule has 2 rings (SSSR count). The smallest absolute Gasteiger partial charge is 0.468 e. The SMILES string of the molecule is CCCC(C)OC(=O)Oc1cc(C[C@](N)(CC(C)OC(=O)Oc2ccccc2)C(=O)OC)ccc1OC(=O)O[C@@H](C)CCC. The van der Waals surface area contributed by atoms with Gasteiger partial charge in [-0.05, 0) is 63.4 Å². The van der Waals surface area contributed by atoms with Gasteiger partial charge < -0.3 is 38.9 Å². The van der Waals surface area contributed by atoms with Gasteiger partial charge in [-0.3, -0.25) is 4.79 Å². The van der Waals surface area contributed by atoms with Crippen molar-refractivity contribution in [3.05, 3.63) is 54.1 Å². The van der Waals surface area contributed by atoms with Crippen LogP contribution in [0.5, 0.6) is 17.2 Å². The molecule has 0 aliphatic heterocycles. The molecule has 242 valence electrons. The average Bonchev–Trinajstić information content (AvgIpc) is 2.94. The van der Waals surface area contributed by atoms with Crippen molar-refractivity contribution in [1.82, 2.24) is 0 Å². The van der Waals surface area contributed by atoms with E-state index in [9.17, 15) is 19.2 Å². The van der Waals surface area contributed by atoms with E-state index in [4.69, 9.17) is 38.9 Å². The molecule has 0 fully saturated rings. The van der Waals surface area contributed by atoms with Crippen molar-refractivity contribution in [3.8, 4) is 17.2 Å². The highest BCUT2D eigenvalue weighted by atomic mass is 16.8. The first kappa shape index (κ1) is 35.9. The molecule has 2 N–H and O–H groups in total. The summed E-state index contributed by atoms with van der Waals surface area (Å²) in [6.07, 6.45) is -2.03. The van der Waals surface area contributed by atoms with Crippen LogP contribution >= 0.6 is 0 Å². The lowest BCUT2D eigenvalue weighted by atomic mass is 9.86. The second-order valence-corrected chi connectivity index (χ2v) is 10.5. The maximum absolute atomic E-state index is 12.9. The fourth-order valence-corrected chi connectivity index (χ4v) is 4.44. The topological polar surface area (TPSA) is 159 Å². The van der Waals surface area contributed by atoms with Gasteiger partial charge in [0.1, 0.15) is 29.6 Å². The number of hydrogen-bond donors (Lipinski definition) is 1. The largest absolute Gasteiger partial charge is 0.514 e. The first-order valence-corrected chi connectivity index (χ1v) is 14.6. The molecule has 12 heteroatoms. The van der Waals surface area contributed by atoms with Gasteiger partial charge in [0.2, 0.25) is 0 Å². The lowest BCUT2D eigenvalue weighted by molar-refractivity contribution is -0.148. The number of methoxy groups -OCH3 is 1. The number of benzene rings is 2. The van der Waals surface area contributed by atoms with E-state index in [1.165, 1.54) is 25.3 Å². The van der Waals surface area contributed by atoms with E-state index >= 15 is 0 Å². The van der Waals surface area contributed by atoms with Gasteiger partial charge in [-0.15, -0.1) is 0 Å². The Morgan fingerprint density at radius 2 is 1.25 bits per heavy atom. The predicted molar refractivity (Wildman–Crippen MR) is 160 cm³/mol. The molecular weight excluding hydrogens is 574 g/mol. The summed E-state index contributed by atoms with van der Waals surface area (Å²) in [5.41, 5.74) is 5.26. The Bertz CT molecular complexity index is 1240. The van der Waals surface area contributed by atoms with Crippen molar-refractivity contribution in [2.45, 2.75) is 97.0 Å². The second kappa shape index (κ2) is 17.7. The highest BCUT2D eigenvalue weighted by Crippen LogP contribution is 2.32. The molecule has 0 saturated carbocycles. The minimum Gasteiger partial charge on any atom is -0.468 e. The number of esters is 1. The summed E-state index contributed by atoms with van der Waals surface area (Å²) in [4.78, 5) is 50.1. The maximum Gasteiger partial charge on any atom is 0.514 e.